The second-order valence-corrected chi connectivity index (χ2v) is 7.70. The summed E-state index contributed by atoms with van der Waals surface area (Å²) in [6.45, 7) is 6.59. The van der Waals surface area contributed by atoms with Gasteiger partial charge in [-0.15, -0.1) is 0 Å². The Balaban J connectivity index is 0.000000423. The van der Waals surface area contributed by atoms with Crippen molar-refractivity contribution in [3.63, 3.8) is 0 Å². The van der Waals surface area contributed by atoms with E-state index in [1.807, 2.05) is 17.0 Å². The van der Waals surface area contributed by atoms with Gasteiger partial charge in [0.15, 0.2) is 0 Å². The second-order valence-electron chi connectivity index (χ2n) is 7.70. The van der Waals surface area contributed by atoms with Gasteiger partial charge < -0.3 is 19.5 Å². The van der Waals surface area contributed by atoms with E-state index in [0.717, 1.165) is 65.4 Å². The van der Waals surface area contributed by atoms with Crippen LogP contribution < -0.4 is 0 Å². The SMILES string of the molecule is COCCN1CCOCC2(CCCN(C(=O)c3cccnc3)C2)C1.O=C(O)C(F)(F)F. The molecule has 0 aromatic carbocycles. The number of pyridine rings is 1. The molecule has 2 saturated heterocycles. The van der Waals surface area contributed by atoms with Crippen molar-refractivity contribution in [1.29, 1.82) is 0 Å². The first-order chi connectivity index (χ1) is 14.7. The molecule has 2 fully saturated rings. The summed E-state index contributed by atoms with van der Waals surface area (Å²) < 4.78 is 42.9. The molecule has 31 heavy (non-hydrogen) atoms. The van der Waals surface area contributed by atoms with Crippen molar-refractivity contribution in [2.75, 3.05) is 59.7 Å². The molecule has 1 unspecified atom stereocenters. The van der Waals surface area contributed by atoms with E-state index in [1.54, 1.807) is 19.5 Å². The quantitative estimate of drug-likeness (QED) is 0.754. The van der Waals surface area contributed by atoms with Crippen molar-refractivity contribution in [2.24, 2.45) is 5.41 Å². The lowest BCUT2D eigenvalue weighted by Crippen LogP contribution is -2.52. The van der Waals surface area contributed by atoms with E-state index in [2.05, 4.69) is 9.88 Å². The number of aliphatic carboxylic acids is 1. The summed E-state index contributed by atoms with van der Waals surface area (Å²) in [4.78, 5) is 30.1. The van der Waals surface area contributed by atoms with Crippen LogP contribution in [0, 0.1) is 5.41 Å². The summed E-state index contributed by atoms with van der Waals surface area (Å²) in [5, 5.41) is 7.12. The van der Waals surface area contributed by atoms with Gasteiger partial charge in [0.2, 0.25) is 0 Å². The lowest BCUT2D eigenvalue weighted by Gasteiger charge is -2.43. The number of rotatable bonds is 4. The number of amides is 1. The number of hydrogen-bond acceptors (Lipinski definition) is 6. The standard InChI is InChI=1S/C18H27N3O3.C2HF3O2/c1-23-10-8-20-9-11-24-15-18(13-20)5-3-7-21(14-18)17(22)16-4-2-6-19-12-16;3-2(4,5)1(6)7/h2,4,6,12H,3,5,7-11,13-15H2,1H3;(H,6,7). The van der Waals surface area contributed by atoms with E-state index in [4.69, 9.17) is 19.4 Å². The van der Waals surface area contributed by atoms with Crippen LogP contribution in [0.2, 0.25) is 0 Å². The van der Waals surface area contributed by atoms with E-state index in [9.17, 15) is 18.0 Å². The van der Waals surface area contributed by atoms with Crippen molar-refractivity contribution in [3.05, 3.63) is 30.1 Å². The number of methoxy groups -OCH3 is 1. The summed E-state index contributed by atoms with van der Waals surface area (Å²) in [6.07, 6.45) is 0.389. The molecule has 11 heteroatoms. The largest absolute Gasteiger partial charge is 0.490 e. The molecule has 3 rings (SSSR count). The Bertz CT molecular complexity index is 720. The number of halogens is 3. The van der Waals surface area contributed by atoms with Crippen molar-refractivity contribution in [1.82, 2.24) is 14.8 Å². The van der Waals surface area contributed by atoms with Crippen LogP contribution in [-0.4, -0.2) is 97.6 Å². The number of aromatic nitrogens is 1. The highest BCUT2D eigenvalue weighted by Crippen LogP contribution is 2.33. The lowest BCUT2D eigenvalue weighted by molar-refractivity contribution is -0.192. The average Bonchev–Trinajstić information content (AvgIpc) is 2.94. The molecule has 3 heterocycles. The molecular formula is C20H28F3N3O5. The van der Waals surface area contributed by atoms with Crippen LogP contribution in [-0.2, 0) is 14.3 Å². The number of alkyl halides is 3. The zero-order valence-electron chi connectivity index (χ0n) is 17.4. The fraction of sp³-hybridized carbons (Fsp3) is 0.650. The van der Waals surface area contributed by atoms with Gasteiger partial charge in [0.25, 0.3) is 5.91 Å². The first kappa shape index (κ1) is 25.0. The monoisotopic (exact) mass is 447 g/mol. The molecule has 0 aliphatic carbocycles. The van der Waals surface area contributed by atoms with Crippen molar-refractivity contribution in [3.8, 4) is 0 Å². The van der Waals surface area contributed by atoms with Crippen molar-refractivity contribution < 1.29 is 37.3 Å². The average molecular weight is 447 g/mol. The first-order valence-corrected chi connectivity index (χ1v) is 9.95. The maximum absolute atomic E-state index is 12.8. The number of ether oxygens (including phenoxy) is 2. The van der Waals surface area contributed by atoms with E-state index in [1.165, 1.54) is 0 Å². The first-order valence-electron chi connectivity index (χ1n) is 9.95. The Kier molecular flexibility index (Phi) is 9.20. The normalized spacial score (nSPS) is 22.4. The fourth-order valence-electron chi connectivity index (χ4n) is 3.79. The summed E-state index contributed by atoms with van der Waals surface area (Å²) in [7, 11) is 1.74. The third kappa shape index (κ3) is 7.75. The van der Waals surface area contributed by atoms with Gasteiger partial charge in [-0.3, -0.25) is 14.7 Å². The van der Waals surface area contributed by atoms with Crippen LogP contribution in [0.25, 0.3) is 0 Å². The van der Waals surface area contributed by atoms with Gasteiger partial charge in [0.05, 0.1) is 25.4 Å². The van der Waals surface area contributed by atoms with E-state index < -0.39 is 12.1 Å². The summed E-state index contributed by atoms with van der Waals surface area (Å²) >= 11 is 0. The number of hydrogen-bond donors (Lipinski definition) is 1. The van der Waals surface area contributed by atoms with Crippen LogP contribution in [0.4, 0.5) is 13.2 Å². The highest BCUT2D eigenvalue weighted by Gasteiger charge is 2.40. The molecule has 1 N–H and O–H groups in total. The zero-order valence-corrected chi connectivity index (χ0v) is 17.4. The lowest BCUT2D eigenvalue weighted by atomic mass is 9.80. The van der Waals surface area contributed by atoms with E-state index in [0.29, 0.717) is 5.56 Å². The molecule has 0 bridgehead atoms. The highest BCUT2D eigenvalue weighted by molar-refractivity contribution is 5.94. The van der Waals surface area contributed by atoms with Gasteiger partial charge in [-0.1, -0.05) is 0 Å². The molecule has 1 amide bonds. The molecule has 174 valence electrons. The molecule has 1 aromatic rings. The molecule has 2 aliphatic heterocycles. The topological polar surface area (TPSA) is 92.2 Å². The molecule has 1 atom stereocenters. The van der Waals surface area contributed by atoms with Gasteiger partial charge in [-0.05, 0) is 25.0 Å². The van der Waals surface area contributed by atoms with Gasteiger partial charge >= 0.3 is 12.1 Å². The molecule has 2 aliphatic rings. The Labute approximate surface area is 178 Å². The van der Waals surface area contributed by atoms with Crippen LogP contribution in [0.15, 0.2) is 24.5 Å². The van der Waals surface area contributed by atoms with Crippen molar-refractivity contribution >= 4 is 11.9 Å². The predicted molar refractivity (Wildman–Crippen MR) is 105 cm³/mol. The number of piperidine rings is 1. The molecule has 0 saturated carbocycles. The Morgan fingerprint density at radius 1 is 1.32 bits per heavy atom. The maximum Gasteiger partial charge on any atom is 0.490 e. The smallest absolute Gasteiger partial charge is 0.475 e. The Morgan fingerprint density at radius 3 is 2.68 bits per heavy atom. The van der Waals surface area contributed by atoms with Gasteiger partial charge in [-0.25, -0.2) is 4.79 Å². The maximum atomic E-state index is 12.8. The third-order valence-electron chi connectivity index (χ3n) is 5.23. The van der Waals surface area contributed by atoms with Crippen LogP contribution in [0.5, 0.6) is 0 Å². The van der Waals surface area contributed by atoms with Crippen molar-refractivity contribution in [2.45, 2.75) is 19.0 Å². The zero-order chi connectivity index (χ0) is 22.9. The van der Waals surface area contributed by atoms with E-state index in [-0.39, 0.29) is 11.3 Å². The molecular weight excluding hydrogens is 419 g/mol. The van der Waals surface area contributed by atoms with Crippen LogP contribution in [0.3, 0.4) is 0 Å². The summed E-state index contributed by atoms with van der Waals surface area (Å²) in [5.41, 5.74) is 0.695. The number of carboxylic acid groups (broad SMARTS) is 1. The molecule has 1 aromatic heterocycles. The van der Waals surface area contributed by atoms with Gasteiger partial charge in [0, 0.05) is 57.6 Å². The predicted octanol–water partition coefficient (Wildman–Crippen LogP) is 1.92. The number of nitrogens with zero attached hydrogens (tertiary/aromatic N) is 3. The number of carbonyl (C=O) groups excluding carboxylic acids is 1. The number of likely N-dealkylation sites (tertiary alicyclic amines) is 1. The van der Waals surface area contributed by atoms with Crippen LogP contribution in [0.1, 0.15) is 23.2 Å². The molecule has 1 spiro atoms. The van der Waals surface area contributed by atoms with E-state index >= 15 is 0 Å². The fourth-order valence-corrected chi connectivity index (χ4v) is 3.79. The third-order valence-corrected chi connectivity index (χ3v) is 5.23. The number of carboxylic acids is 1. The minimum Gasteiger partial charge on any atom is -0.475 e. The molecule has 0 radical (unpaired) electrons. The Morgan fingerprint density at radius 2 is 2.06 bits per heavy atom. The van der Waals surface area contributed by atoms with Gasteiger partial charge in [-0.2, -0.15) is 13.2 Å². The van der Waals surface area contributed by atoms with Gasteiger partial charge in [0.1, 0.15) is 0 Å². The minimum atomic E-state index is -5.08. The highest BCUT2D eigenvalue weighted by atomic mass is 19.4. The second kappa shape index (κ2) is 11.4. The minimum absolute atomic E-state index is 0.0281. The summed E-state index contributed by atoms with van der Waals surface area (Å²) in [6, 6.07) is 3.65. The summed E-state index contributed by atoms with van der Waals surface area (Å²) in [5.74, 6) is -2.68. The molecule has 8 nitrogen and oxygen atoms in total. The Hall–Kier alpha value is -2.24. The van der Waals surface area contributed by atoms with Crippen LogP contribution >= 0.6 is 0 Å². The number of carbonyl (C=O) groups is 2.